The highest BCUT2D eigenvalue weighted by Crippen LogP contribution is 2.32. The van der Waals surface area contributed by atoms with Crippen LogP contribution in [0.2, 0.25) is 0 Å². The summed E-state index contributed by atoms with van der Waals surface area (Å²) in [6, 6.07) is 5.98. The molecule has 0 amide bonds. The summed E-state index contributed by atoms with van der Waals surface area (Å²) in [6.07, 6.45) is 1.98. The Morgan fingerprint density at radius 2 is 2.00 bits per heavy atom. The van der Waals surface area contributed by atoms with Gasteiger partial charge in [0.05, 0.1) is 17.4 Å². The van der Waals surface area contributed by atoms with Gasteiger partial charge < -0.3 is 14.8 Å². The summed E-state index contributed by atoms with van der Waals surface area (Å²) < 4.78 is 12.5. The van der Waals surface area contributed by atoms with Crippen LogP contribution in [0.1, 0.15) is 32.0 Å². The Morgan fingerprint density at radius 3 is 2.76 bits per heavy atom. The maximum atomic E-state index is 5.37. The fourth-order valence-corrected chi connectivity index (χ4v) is 2.09. The number of hydrogen-bond donors (Lipinski definition) is 1. The third-order valence-electron chi connectivity index (χ3n) is 3.30. The summed E-state index contributed by atoms with van der Waals surface area (Å²) in [4.78, 5) is 0. The Kier molecular flexibility index (Phi) is 3.55. The van der Waals surface area contributed by atoms with E-state index in [1.54, 1.807) is 0 Å². The van der Waals surface area contributed by atoms with Gasteiger partial charge in [0.2, 0.25) is 6.79 Å². The molecule has 1 N–H and O–H groups in total. The van der Waals surface area contributed by atoms with Crippen molar-refractivity contribution < 1.29 is 9.47 Å². The topological polar surface area (TPSA) is 61.2 Å². The zero-order valence-corrected chi connectivity index (χ0v) is 12.6. The summed E-state index contributed by atoms with van der Waals surface area (Å²) >= 11 is 0. The summed E-state index contributed by atoms with van der Waals surface area (Å²) in [5, 5.41) is 11.7. The van der Waals surface area contributed by atoms with E-state index in [1.165, 1.54) is 0 Å². The molecule has 112 valence electrons. The molecule has 1 aliphatic heterocycles. The molecule has 2 aromatic rings. The third kappa shape index (κ3) is 3.16. The van der Waals surface area contributed by atoms with Crippen LogP contribution in [0.25, 0.3) is 0 Å². The maximum absolute atomic E-state index is 5.37. The molecule has 1 aliphatic rings. The summed E-state index contributed by atoms with van der Waals surface area (Å²) in [7, 11) is 0. The van der Waals surface area contributed by atoms with Crippen LogP contribution >= 0.6 is 0 Å². The molecule has 0 saturated carbocycles. The van der Waals surface area contributed by atoms with Crippen LogP contribution in [-0.2, 0) is 18.6 Å². The van der Waals surface area contributed by atoms with E-state index in [0.29, 0.717) is 13.3 Å². The second kappa shape index (κ2) is 5.37. The van der Waals surface area contributed by atoms with Gasteiger partial charge in [-0.25, -0.2) is 4.68 Å². The van der Waals surface area contributed by atoms with Gasteiger partial charge in [-0.3, -0.25) is 0 Å². The molecule has 21 heavy (non-hydrogen) atoms. The number of nitrogens with zero attached hydrogens (tertiary/aromatic N) is 3. The van der Waals surface area contributed by atoms with Gasteiger partial charge in [0.1, 0.15) is 0 Å². The van der Waals surface area contributed by atoms with Crippen LogP contribution < -0.4 is 14.8 Å². The van der Waals surface area contributed by atoms with Gasteiger partial charge in [-0.2, -0.15) is 0 Å². The lowest BCUT2D eigenvalue weighted by atomic mass is 10.1. The maximum Gasteiger partial charge on any atom is 0.231 e. The second-order valence-electron chi connectivity index (χ2n) is 6.12. The van der Waals surface area contributed by atoms with E-state index < -0.39 is 0 Å². The van der Waals surface area contributed by atoms with Gasteiger partial charge in [-0.05, 0) is 38.5 Å². The fourth-order valence-electron chi connectivity index (χ4n) is 2.09. The van der Waals surface area contributed by atoms with Crippen molar-refractivity contribution in [2.75, 3.05) is 6.79 Å². The van der Waals surface area contributed by atoms with Crippen LogP contribution in [0, 0.1) is 0 Å². The molecule has 0 aliphatic carbocycles. The highest BCUT2D eigenvalue weighted by atomic mass is 16.7. The molecule has 1 aromatic carbocycles. The van der Waals surface area contributed by atoms with Gasteiger partial charge in [0.15, 0.2) is 11.5 Å². The molecule has 0 saturated heterocycles. The van der Waals surface area contributed by atoms with Crippen molar-refractivity contribution in [3.8, 4) is 11.5 Å². The number of fused-ring (bicyclic) bond motifs is 1. The van der Waals surface area contributed by atoms with Crippen molar-refractivity contribution in [2.45, 2.75) is 39.4 Å². The van der Waals surface area contributed by atoms with Gasteiger partial charge in [0, 0.05) is 13.1 Å². The molecule has 2 heterocycles. The van der Waals surface area contributed by atoms with E-state index in [-0.39, 0.29) is 5.54 Å². The number of ether oxygens (including phenoxy) is 2. The fraction of sp³-hybridized carbons (Fsp3) is 0.467. The highest BCUT2D eigenvalue weighted by Gasteiger charge is 2.15. The van der Waals surface area contributed by atoms with Gasteiger partial charge in [0.25, 0.3) is 0 Å². The van der Waals surface area contributed by atoms with Crippen molar-refractivity contribution in [3.63, 3.8) is 0 Å². The van der Waals surface area contributed by atoms with E-state index >= 15 is 0 Å². The van der Waals surface area contributed by atoms with Crippen LogP contribution in [-0.4, -0.2) is 21.8 Å². The number of nitrogens with one attached hydrogen (secondary N) is 1. The molecule has 0 bridgehead atoms. The minimum atomic E-state index is -0.0391. The van der Waals surface area contributed by atoms with Crippen LogP contribution in [0.4, 0.5) is 0 Å². The first-order valence-electron chi connectivity index (χ1n) is 7.03. The highest BCUT2D eigenvalue weighted by molar-refractivity contribution is 5.44. The smallest absolute Gasteiger partial charge is 0.231 e. The second-order valence-corrected chi connectivity index (χ2v) is 6.12. The van der Waals surface area contributed by atoms with Crippen LogP contribution in [0.3, 0.4) is 0 Å². The van der Waals surface area contributed by atoms with Gasteiger partial charge in [-0.15, -0.1) is 5.10 Å². The van der Waals surface area contributed by atoms with Crippen molar-refractivity contribution >= 4 is 0 Å². The first-order valence-corrected chi connectivity index (χ1v) is 7.03. The average molecular weight is 288 g/mol. The Bertz CT molecular complexity index is 631. The zero-order chi connectivity index (χ0) is 14.9. The van der Waals surface area contributed by atoms with Gasteiger partial charge in [-0.1, -0.05) is 11.3 Å². The quantitative estimate of drug-likeness (QED) is 0.933. The lowest BCUT2D eigenvalue weighted by molar-refractivity contribution is 0.174. The van der Waals surface area contributed by atoms with E-state index in [0.717, 1.165) is 29.3 Å². The summed E-state index contributed by atoms with van der Waals surface area (Å²) in [5.41, 5.74) is 2.05. The Balaban J connectivity index is 1.55. The predicted molar refractivity (Wildman–Crippen MR) is 78.1 cm³/mol. The van der Waals surface area contributed by atoms with Crippen molar-refractivity contribution in [1.82, 2.24) is 20.3 Å². The Labute approximate surface area is 124 Å². The summed E-state index contributed by atoms with van der Waals surface area (Å²) in [5.74, 6) is 1.62. The van der Waals surface area contributed by atoms with E-state index in [1.807, 2.05) is 29.1 Å². The summed E-state index contributed by atoms with van der Waals surface area (Å²) in [6.45, 7) is 8.05. The number of hydrogen-bond acceptors (Lipinski definition) is 5. The minimum Gasteiger partial charge on any atom is -0.454 e. The van der Waals surface area contributed by atoms with Gasteiger partial charge >= 0.3 is 0 Å². The normalized spacial score (nSPS) is 13.7. The molecular weight excluding hydrogens is 268 g/mol. The Morgan fingerprint density at radius 1 is 1.19 bits per heavy atom. The molecule has 0 unspecified atom stereocenters. The van der Waals surface area contributed by atoms with Crippen molar-refractivity contribution in [2.24, 2.45) is 0 Å². The van der Waals surface area contributed by atoms with Crippen molar-refractivity contribution in [1.29, 1.82) is 0 Å². The molecule has 1 aromatic heterocycles. The minimum absolute atomic E-state index is 0.0391. The first-order chi connectivity index (χ1) is 10.0. The van der Waals surface area contributed by atoms with Crippen LogP contribution in [0.15, 0.2) is 24.4 Å². The van der Waals surface area contributed by atoms with Crippen molar-refractivity contribution in [3.05, 3.63) is 35.7 Å². The van der Waals surface area contributed by atoms with E-state index in [2.05, 4.69) is 36.4 Å². The molecule has 0 spiro atoms. The molecule has 0 fully saturated rings. The van der Waals surface area contributed by atoms with E-state index in [4.69, 9.17) is 9.47 Å². The average Bonchev–Trinajstić information content (AvgIpc) is 3.05. The lowest BCUT2D eigenvalue weighted by Crippen LogP contribution is -2.22. The number of rotatable bonds is 4. The first kappa shape index (κ1) is 13.9. The monoisotopic (exact) mass is 288 g/mol. The standard InChI is InChI=1S/C15H20N4O2/c1-15(2,3)19-9-12(17-18-19)8-16-7-11-4-5-13-14(6-11)21-10-20-13/h4-6,9,16H,7-8,10H2,1-3H3. The molecule has 3 rings (SSSR count). The lowest BCUT2D eigenvalue weighted by Gasteiger charge is -2.17. The largest absolute Gasteiger partial charge is 0.454 e. The molecule has 6 nitrogen and oxygen atoms in total. The number of aromatic nitrogens is 3. The molecule has 0 atom stereocenters. The third-order valence-corrected chi connectivity index (χ3v) is 3.30. The predicted octanol–water partition coefficient (Wildman–Crippen LogP) is 2.05. The van der Waals surface area contributed by atoms with Crippen LogP contribution in [0.5, 0.6) is 11.5 Å². The zero-order valence-electron chi connectivity index (χ0n) is 12.6. The molecule has 6 heteroatoms. The van der Waals surface area contributed by atoms with E-state index in [9.17, 15) is 0 Å². The Hall–Kier alpha value is -2.08. The molecule has 0 radical (unpaired) electrons. The molecular formula is C15H20N4O2. The SMILES string of the molecule is CC(C)(C)n1cc(CNCc2ccc3c(c2)OCO3)nn1. The number of benzene rings is 1.